The Kier molecular flexibility index (Phi) is 4.26. The molecule has 31 heavy (non-hydrogen) atoms. The van der Waals surface area contributed by atoms with Crippen molar-refractivity contribution >= 4 is 17.4 Å². The van der Waals surface area contributed by atoms with Crippen molar-refractivity contribution in [3.63, 3.8) is 0 Å². The van der Waals surface area contributed by atoms with Gasteiger partial charge in [-0.15, -0.1) is 0 Å². The van der Waals surface area contributed by atoms with Gasteiger partial charge in [-0.05, 0) is 29.8 Å². The molecule has 0 saturated carbocycles. The number of halogens is 5. The molecule has 10 heteroatoms. The van der Waals surface area contributed by atoms with Crippen LogP contribution in [0.5, 0.6) is 0 Å². The topological polar surface area (TPSA) is 60.9 Å². The van der Waals surface area contributed by atoms with Crippen LogP contribution in [0.2, 0.25) is 5.02 Å². The molecule has 0 fully saturated rings. The van der Waals surface area contributed by atoms with Gasteiger partial charge in [0.15, 0.2) is 17.2 Å². The molecule has 2 heterocycles. The Morgan fingerprint density at radius 1 is 1.10 bits per heavy atom. The smallest absolute Gasteiger partial charge is 0.355 e. The molecule has 0 unspecified atom stereocenters. The molecule has 0 saturated heterocycles. The van der Waals surface area contributed by atoms with Crippen LogP contribution < -0.4 is 0 Å². The van der Waals surface area contributed by atoms with Crippen molar-refractivity contribution in [2.24, 2.45) is 0 Å². The number of aromatic nitrogens is 3. The summed E-state index contributed by atoms with van der Waals surface area (Å²) in [5.74, 6) is -1.53. The van der Waals surface area contributed by atoms with Gasteiger partial charge in [-0.25, -0.2) is 9.07 Å². The summed E-state index contributed by atoms with van der Waals surface area (Å²) in [6.45, 7) is 0. The van der Waals surface area contributed by atoms with Crippen LogP contribution in [-0.2, 0) is 12.6 Å². The number of carbonyl (C=O) groups excluding carboxylic acids is 1. The summed E-state index contributed by atoms with van der Waals surface area (Å²) >= 11 is 6.25. The zero-order valence-electron chi connectivity index (χ0n) is 15.4. The van der Waals surface area contributed by atoms with Crippen LogP contribution in [0.15, 0.2) is 53.2 Å². The van der Waals surface area contributed by atoms with E-state index in [2.05, 4.69) is 10.3 Å². The second-order valence-corrected chi connectivity index (χ2v) is 7.31. The SMILES string of the molecule is O=C1Cc2cccc(Cl)c2-c2noc(-c3cnn(-c4cccc(F)c4)c3C(F)(F)F)c21. The second kappa shape index (κ2) is 6.78. The third kappa shape index (κ3) is 3.04. The van der Waals surface area contributed by atoms with Gasteiger partial charge in [0.2, 0.25) is 0 Å². The zero-order valence-corrected chi connectivity index (χ0v) is 16.1. The first-order chi connectivity index (χ1) is 14.8. The van der Waals surface area contributed by atoms with Crippen molar-refractivity contribution in [1.29, 1.82) is 0 Å². The van der Waals surface area contributed by atoms with Crippen molar-refractivity contribution in [2.45, 2.75) is 12.6 Å². The maximum atomic E-state index is 14.0. The molecule has 0 bridgehead atoms. The Hall–Kier alpha value is -3.46. The molecular weight excluding hydrogens is 438 g/mol. The minimum absolute atomic E-state index is 0.0590. The van der Waals surface area contributed by atoms with Crippen molar-refractivity contribution in [3.05, 3.63) is 76.3 Å². The number of ketones is 1. The number of alkyl halides is 3. The summed E-state index contributed by atoms with van der Waals surface area (Å²) in [7, 11) is 0. The molecule has 5 nitrogen and oxygen atoms in total. The minimum atomic E-state index is -4.88. The number of hydrogen-bond acceptors (Lipinski definition) is 4. The van der Waals surface area contributed by atoms with Crippen molar-refractivity contribution < 1.29 is 26.9 Å². The molecule has 2 aromatic heterocycles. The highest BCUT2D eigenvalue weighted by atomic mass is 35.5. The van der Waals surface area contributed by atoms with E-state index in [9.17, 15) is 22.4 Å². The van der Waals surface area contributed by atoms with Crippen LogP contribution >= 0.6 is 11.6 Å². The summed E-state index contributed by atoms with van der Waals surface area (Å²) < 4.78 is 61.5. The van der Waals surface area contributed by atoms with E-state index >= 15 is 0 Å². The lowest BCUT2D eigenvalue weighted by Gasteiger charge is -2.16. The van der Waals surface area contributed by atoms with E-state index in [0.29, 0.717) is 20.8 Å². The summed E-state index contributed by atoms with van der Waals surface area (Å²) in [5.41, 5.74) is -0.782. The Morgan fingerprint density at radius 3 is 2.61 bits per heavy atom. The molecule has 0 amide bonds. The molecule has 1 aliphatic carbocycles. The number of benzene rings is 2. The van der Waals surface area contributed by atoms with Gasteiger partial charge in [0, 0.05) is 12.0 Å². The summed E-state index contributed by atoms with van der Waals surface area (Å²) in [4.78, 5) is 12.8. The summed E-state index contributed by atoms with van der Waals surface area (Å²) in [6.07, 6.45) is -4.02. The van der Waals surface area contributed by atoms with Crippen LogP contribution in [0.4, 0.5) is 17.6 Å². The van der Waals surface area contributed by atoms with E-state index in [1.165, 1.54) is 12.1 Å². The molecule has 1 aliphatic rings. The molecule has 0 aliphatic heterocycles. The van der Waals surface area contributed by atoms with Crippen LogP contribution in [-0.4, -0.2) is 20.7 Å². The lowest BCUT2D eigenvalue weighted by atomic mass is 9.87. The second-order valence-electron chi connectivity index (χ2n) is 6.91. The van der Waals surface area contributed by atoms with Gasteiger partial charge in [0.1, 0.15) is 11.5 Å². The van der Waals surface area contributed by atoms with Gasteiger partial charge in [-0.2, -0.15) is 18.3 Å². The first kappa shape index (κ1) is 19.5. The predicted molar refractivity (Wildman–Crippen MR) is 103 cm³/mol. The molecule has 5 rings (SSSR count). The highest BCUT2D eigenvalue weighted by Gasteiger charge is 2.42. The lowest BCUT2D eigenvalue weighted by Crippen LogP contribution is -2.16. The maximum absolute atomic E-state index is 14.0. The zero-order chi connectivity index (χ0) is 21.9. The third-order valence-electron chi connectivity index (χ3n) is 4.99. The number of rotatable bonds is 2. The summed E-state index contributed by atoms with van der Waals surface area (Å²) in [6, 6.07) is 9.54. The molecule has 0 N–H and O–H groups in total. The van der Waals surface area contributed by atoms with Gasteiger partial charge in [-0.3, -0.25) is 4.79 Å². The van der Waals surface area contributed by atoms with Crippen LogP contribution in [0.25, 0.3) is 28.3 Å². The normalized spacial score (nSPS) is 13.3. The first-order valence-electron chi connectivity index (χ1n) is 8.98. The average Bonchev–Trinajstić information content (AvgIpc) is 3.32. The average molecular weight is 448 g/mol. The Labute approximate surface area is 176 Å². The largest absolute Gasteiger partial charge is 0.434 e. The number of hydrogen-bond donors (Lipinski definition) is 0. The predicted octanol–water partition coefficient (Wildman–Crippen LogP) is 5.74. The van der Waals surface area contributed by atoms with Gasteiger partial charge >= 0.3 is 6.18 Å². The van der Waals surface area contributed by atoms with Crippen molar-refractivity contribution in [1.82, 2.24) is 14.9 Å². The van der Waals surface area contributed by atoms with Crippen molar-refractivity contribution in [3.8, 4) is 28.3 Å². The Morgan fingerprint density at radius 2 is 1.87 bits per heavy atom. The molecule has 2 aromatic carbocycles. The molecule has 0 atom stereocenters. The monoisotopic (exact) mass is 447 g/mol. The van der Waals surface area contributed by atoms with Gasteiger partial charge < -0.3 is 4.52 Å². The third-order valence-corrected chi connectivity index (χ3v) is 5.31. The van der Waals surface area contributed by atoms with E-state index < -0.39 is 29.0 Å². The fourth-order valence-electron chi connectivity index (χ4n) is 3.74. The minimum Gasteiger partial charge on any atom is -0.355 e. The van der Waals surface area contributed by atoms with Gasteiger partial charge in [-0.1, -0.05) is 35.0 Å². The van der Waals surface area contributed by atoms with E-state index in [1.807, 2.05) is 0 Å². The quantitative estimate of drug-likeness (QED) is 0.367. The van der Waals surface area contributed by atoms with E-state index in [0.717, 1.165) is 18.3 Å². The Bertz CT molecular complexity index is 1360. The molecule has 0 radical (unpaired) electrons. The maximum Gasteiger partial charge on any atom is 0.434 e. The summed E-state index contributed by atoms with van der Waals surface area (Å²) in [5, 5.41) is 7.95. The number of nitrogens with zero attached hydrogens (tertiary/aromatic N) is 3. The number of carbonyl (C=O) groups is 1. The number of Topliss-reactive ketones (excluding diaryl/α,β-unsaturated/α-hetero) is 1. The Balaban J connectivity index is 1.76. The van der Waals surface area contributed by atoms with E-state index in [4.69, 9.17) is 16.1 Å². The highest BCUT2D eigenvalue weighted by molar-refractivity contribution is 6.34. The standard InChI is InChI=1S/C21H10ClF4N3O2/c22-14-6-1-3-10-7-15(30)17-18(16(10)14)28-31-19(17)13-9-27-29(20(13)21(24,25)26)12-5-2-4-11(23)8-12/h1-6,8-9H,7H2. The lowest BCUT2D eigenvalue weighted by molar-refractivity contribution is -0.142. The number of fused-ring (bicyclic) bond motifs is 3. The molecule has 4 aromatic rings. The van der Waals surface area contributed by atoms with Crippen LogP contribution in [0, 0.1) is 5.82 Å². The van der Waals surface area contributed by atoms with Crippen LogP contribution in [0.1, 0.15) is 21.6 Å². The van der Waals surface area contributed by atoms with Gasteiger partial charge in [0.05, 0.1) is 28.0 Å². The highest BCUT2D eigenvalue weighted by Crippen LogP contribution is 2.45. The van der Waals surface area contributed by atoms with Crippen LogP contribution in [0.3, 0.4) is 0 Å². The van der Waals surface area contributed by atoms with Gasteiger partial charge in [0.25, 0.3) is 0 Å². The molecule has 0 spiro atoms. The molecule has 156 valence electrons. The fraction of sp³-hybridized carbons (Fsp3) is 0.0952. The first-order valence-corrected chi connectivity index (χ1v) is 9.35. The van der Waals surface area contributed by atoms with E-state index in [-0.39, 0.29) is 29.1 Å². The van der Waals surface area contributed by atoms with Crippen molar-refractivity contribution in [2.75, 3.05) is 0 Å². The fourth-order valence-corrected chi connectivity index (χ4v) is 4.02. The molecular formula is C21H10ClF4N3O2. The van der Waals surface area contributed by atoms with E-state index in [1.54, 1.807) is 18.2 Å².